The van der Waals surface area contributed by atoms with Crippen LogP contribution in [-0.2, 0) is 0 Å². The van der Waals surface area contributed by atoms with Crippen molar-refractivity contribution in [2.75, 3.05) is 13.6 Å². The first kappa shape index (κ1) is 7.07. The summed E-state index contributed by atoms with van der Waals surface area (Å²) in [4.78, 5) is 0. The normalized spacial score (nSPS) is 41.0. The van der Waals surface area contributed by atoms with Gasteiger partial charge in [0.1, 0.15) is 0 Å². The van der Waals surface area contributed by atoms with E-state index in [2.05, 4.69) is 19.2 Å². The lowest BCUT2D eigenvalue weighted by atomic mass is 10.0. The highest BCUT2D eigenvalue weighted by atomic mass is 14.8. The summed E-state index contributed by atoms with van der Waals surface area (Å²) in [5, 5.41) is 3.22. The van der Waals surface area contributed by atoms with Crippen LogP contribution >= 0.6 is 0 Å². The molecule has 0 heterocycles. The van der Waals surface area contributed by atoms with Crippen molar-refractivity contribution >= 4 is 0 Å². The molecular formula is C8H17N. The molecule has 2 unspecified atom stereocenters. The van der Waals surface area contributed by atoms with Gasteiger partial charge < -0.3 is 5.32 Å². The average Bonchev–Trinajstić information content (AvgIpc) is 2.46. The Morgan fingerprint density at radius 1 is 1.67 bits per heavy atom. The summed E-state index contributed by atoms with van der Waals surface area (Å²) in [5.74, 6) is 0.965. The highest BCUT2D eigenvalue weighted by Gasteiger charge is 2.47. The minimum Gasteiger partial charge on any atom is -0.319 e. The van der Waals surface area contributed by atoms with Crippen molar-refractivity contribution in [3.8, 4) is 0 Å². The molecule has 1 rings (SSSR count). The van der Waals surface area contributed by atoms with Crippen LogP contribution in [0.25, 0.3) is 0 Å². The van der Waals surface area contributed by atoms with Crippen LogP contribution in [0.1, 0.15) is 26.7 Å². The minimum atomic E-state index is 0.697. The van der Waals surface area contributed by atoms with E-state index in [9.17, 15) is 0 Å². The van der Waals surface area contributed by atoms with Gasteiger partial charge in [-0.3, -0.25) is 0 Å². The van der Waals surface area contributed by atoms with E-state index < -0.39 is 0 Å². The maximum atomic E-state index is 3.22. The highest BCUT2D eigenvalue weighted by molar-refractivity contribution is 4.98. The van der Waals surface area contributed by atoms with E-state index in [0.717, 1.165) is 5.92 Å². The van der Waals surface area contributed by atoms with Crippen molar-refractivity contribution in [1.82, 2.24) is 5.32 Å². The molecule has 0 amide bonds. The van der Waals surface area contributed by atoms with Gasteiger partial charge in [-0.1, -0.05) is 20.3 Å². The number of nitrogens with one attached hydrogen (secondary N) is 1. The van der Waals surface area contributed by atoms with Crippen LogP contribution in [0, 0.1) is 11.3 Å². The summed E-state index contributed by atoms with van der Waals surface area (Å²) in [5.41, 5.74) is 0.697. The lowest BCUT2D eigenvalue weighted by Gasteiger charge is -2.05. The van der Waals surface area contributed by atoms with Gasteiger partial charge in [0, 0.05) is 0 Å². The van der Waals surface area contributed by atoms with Gasteiger partial charge in [0.05, 0.1) is 0 Å². The molecule has 1 N–H and O–H groups in total. The summed E-state index contributed by atoms with van der Waals surface area (Å²) in [6.45, 7) is 5.88. The zero-order valence-corrected chi connectivity index (χ0v) is 6.70. The molecule has 2 atom stereocenters. The highest BCUT2D eigenvalue weighted by Crippen LogP contribution is 2.54. The van der Waals surface area contributed by atoms with E-state index in [1.54, 1.807) is 0 Å². The Balaban J connectivity index is 2.22. The van der Waals surface area contributed by atoms with E-state index in [0.29, 0.717) is 5.41 Å². The summed E-state index contributed by atoms with van der Waals surface area (Å²) < 4.78 is 0. The molecule has 1 aliphatic carbocycles. The second-order valence-electron chi connectivity index (χ2n) is 3.47. The van der Waals surface area contributed by atoms with Gasteiger partial charge >= 0.3 is 0 Å². The van der Waals surface area contributed by atoms with Crippen LogP contribution in [0.3, 0.4) is 0 Å². The van der Waals surface area contributed by atoms with E-state index in [1.807, 2.05) is 7.05 Å². The summed E-state index contributed by atoms with van der Waals surface area (Å²) in [7, 11) is 2.04. The lowest BCUT2D eigenvalue weighted by Crippen LogP contribution is -2.13. The number of rotatable bonds is 3. The first-order valence-corrected chi connectivity index (χ1v) is 3.87. The Labute approximate surface area is 57.8 Å². The summed E-state index contributed by atoms with van der Waals surface area (Å²) in [6, 6.07) is 0. The molecule has 0 saturated heterocycles. The molecule has 0 aliphatic heterocycles. The van der Waals surface area contributed by atoms with Crippen LogP contribution in [0.4, 0.5) is 0 Å². The fourth-order valence-corrected chi connectivity index (χ4v) is 1.50. The fourth-order valence-electron chi connectivity index (χ4n) is 1.50. The third-order valence-corrected chi connectivity index (χ3v) is 2.80. The van der Waals surface area contributed by atoms with E-state index >= 15 is 0 Å². The SMILES string of the molecule is CCC1(C)CC1CNC. The molecule has 0 radical (unpaired) electrons. The van der Waals surface area contributed by atoms with Gasteiger partial charge in [0.25, 0.3) is 0 Å². The van der Waals surface area contributed by atoms with Crippen molar-refractivity contribution in [2.24, 2.45) is 11.3 Å². The van der Waals surface area contributed by atoms with Gasteiger partial charge in [0.15, 0.2) is 0 Å². The van der Waals surface area contributed by atoms with Crippen LogP contribution < -0.4 is 5.32 Å². The maximum absolute atomic E-state index is 3.22. The summed E-state index contributed by atoms with van der Waals surface area (Å²) in [6.07, 6.45) is 2.78. The van der Waals surface area contributed by atoms with Crippen LogP contribution in [0.15, 0.2) is 0 Å². The largest absolute Gasteiger partial charge is 0.319 e. The first-order chi connectivity index (χ1) is 4.23. The number of hydrogen-bond acceptors (Lipinski definition) is 1. The second kappa shape index (κ2) is 2.30. The van der Waals surface area contributed by atoms with Crippen LogP contribution in [0.2, 0.25) is 0 Å². The molecule has 9 heavy (non-hydrogen) atoms. The standard InChI is InChI=1S/C8H17N/c1-4-8(2)5-7(8)6-9-3/h7,9H,4-6H2,1-3H3. The predicted octanol–water partition coefficient (Wildman–Crippen LogP) is 1.64. The Morgan fingerprint density at radius 3 is 2.67 bits per heavy atom. The van der Waals surface area contributed by atoms with Gasteiger partial charge in [-0.05, 0) is 31.3 Å². The molecule has 54 valence electrons. The molecule has 1 saturated carbocycles. The smallest absolute Gasteiger partial charge is 0.00181 e. The van der Waals surface area contributed by atoms with Gasteiger partial charge in [-0.25, -0.2) is 0 Å². The molecule has 0 aromatic heterocycles. The molecule has 1 aliphatic rings. The average molecular weight is 127 g/mol. The Hall–Kier alpha value is -0.0400. The van der Waals surface area contributed by atoms with Crippen LogP contribution in [0.5, 0.6) is 0 Å². The van der Waals surface area contributed by atoms with Gasteiger partial charge in [-0.15, -0.1) is 0 Å². The van der Waals surface area contributed by atoms with Crippen molar-refractivity contribution in [1.29, 1.82) is 0 Å². The third-order valence-electron chi connectivity index (χ3n) is 2.80. The second-order valence-corrected chi connectivity index (χ2v) is 3.47. The molecule has 0 aromatic rings. The van der Waals surface area contributed by atoms with Gasteiger partial charge in [-0.2, -0.15) is 0 Å². The predicted molar refractivity (Wildman–Crippen MR) is 40.4 cm³/mol. The first-order valence-electron chi connectivity index (χ1n) is 3.87. The van der Waals surface area contributed by atoms with Gasteiger partial charge in [0.2, 0.25) is 0 Å². The Morgan fingerprint density at radius 2 is 2.33 bits per heavy atom. The van der Waals surface area contributed by atoms with E-state index in [4.69, 9.17) is 0 Å². The Kier molecular flexibility index (Phi) is 1.80. The van der Waals surface area contributed by atoms with E-state index in [1.165, 1.54) is 19.4 Å². The zero-order valence-electron chi connectivity index (χ0n) is 6.70. The molecule has 0 aromatic carbocycles. The van der Waals surface area contributed by atoms with Crippen molar-refractivity contribution in [3.63, 3.8) is 0 Å². The fraction of sp³-hybridized carbons (Fsp3) is 1.00. The topological polar surface area (TPSA) is 12.0 Å². The lowest BCUT2D eigenvalue weighted by molar-refractivity contribution is 0.474. The quantitative estimate of drug-likeness (QED) is 0.607. The Bertz CT molecular complexity index is 98.7. The minimum absolute atomic E-state index is 0.697. The maximum Gasteiger partial charge on any atom is -0.00181 e. The zero-order chi connectivity index (χ0) is 6.91. The van der Waals surface area contributed by atoms with Crippen molar-refractivity contribution < 1.29 is 0 Å². The van der Waals surface area contributed by atoms with E-state index in [-0.39, 0.29) is 0 Å². The van der Waals surface area contributed by atoms with Crippen LogP contribution in [-0.4, -0.2) is 13.6 Å². The molecule has 0 spiro atoms. The monoisotopic (exact) mass is 127 g/mol. The summed E-state index contributed by atoms with van der Waals surface area (Å²) >= 11 is 0. The molecule has 0 bridgehead atoms. The molecular weight excluding hydrogens is 110 g/mol. The molecule has 1 fully saturated rings. The van der Waals surface area contributed by atoms with Crippen molar-refractivity contribution in [3.05, 3.63) is 0 Å². The van der Waals surface area contributed by atoms with Crippen molar-refractivity contribution in [2.45, 2.75) is 26.7 Å². The molecule has 1 nitrogen and oxygen atoms in total. The number of hydrogen-bond donors (Lipinski definition) is 1. The molecule has 1 heteroatoms. The third kappa shape index (κ3) is 1.26.